The van der Waals surface area contributed by atoms with Gasteiger partial charge in [0.2, 0.25) is 5.43 Å². The first kappa shape index (κ1) is 27.1. The molecule has 10 nitrogen and oxygen atoms in total. The Morgan fingerprint density at radius 3 is 2.55 bits per heavy atom. The van der Waals surface area contributed by atoms with Gasteiger partial charge in [-0.15, -0.1) is 0 Å². The number of hydrogen-bond donors (Lipinski definition) is 1. The number of aldehydes is 1. The van der Waals surface area contributed by atoms with E-state index in [-0.39, 0.29) is 22.3 Å². The summed E-state index contributed by atoms with van der Waals surface area (Å²) < 4.78 is 25.6. The van der Waals surface area contributed by atoms with Gasteiger partial charge in [0.15, 0.2) is 12.2 Å². The van der Waals surface area contributed by atoms with Gasteiger partial charge in [0.05, 0.1) is 34.5 Å². The SMILES string of the molecule is COc1cc2c(c3c1c(=O)c1c4ccccc4ccc1n3C)[C@@H](OC(C)=O)[C@@H](OC(CC=O)C(=O)O)C(C)(C)O2. The van der Waals surface area contributed by atoms with Gasteiger partial charge in [-0.05, 0) is 30.7 Å². The topological polar surface area (TPSA) is 130 Å². The molecule has 2 heterocycles. The summed E-state index contributed by atoms with van der Waals surface area (Å²) in [6, 6.07) is 12.9. The fraction of sp³-hybridized carbons (Fsp3) is 0.333. The summed E-state index contributed by atoms with van der Waals surface area (Å²) in [5.41, 5.74) is -0.151. The van der Waals surface area contributed by atoms with Gasteiger partial charge in [0.1, 0.15) is 29.5 Å². The minimum absolute atomic E-state index is 0.245. The quantitative estimate of drug-likeness (QED) is 0.158. The van der Waals surface area contributed by atoms with E-state index in [0.717, 1.165) is 10.8 Å². The van der Waals surface area contributed by atoms with Crippen LogP contribution in [0.4, 0.5) is 0 Å². The number of hydrogen-bond acceptors (Lipinski definition) is 8. The highest BCUT2D eigenvalue weighted by Gasteiger charge is 2.50. The van der Waals surface area contributed by atoms with E-state index in [1.54, 1.807) is 27.0 Å². The van der Waals surface area contributed by atoms with E-state index in [9.17, 15) is 24.3 Å². The average Bonchev–Trinajstić information content (AvgIpc) is 2.90. The number of nitrogens with zero attached hydrogens (tertiary/aromatic N) is 1. The van der Waals surface area contributed by atoms with Crippen molar-refractivity contribution >= 4 is 50.8 Å². The first-order valence-corrected chi connectivity index (χ1v) is 12.7. The van der Waals surface area contributed by atoms with Crippen molar-refractivity contribution in [1.82, 2.24) is 4.57 Å². The van der Waals surface area contributed by atoms with E-state index in [2.05, 4.69) is 0 Å². The van der Waals surface area contributed by atoms with E-state index < -0.39 is 42.3 Å². The van der Waals surface area contributed by atoms with Gasteiger partial charge in [-0.3, -0.25) is 9.59 Å². The second kappa shape index (κ2) is 9.95. The standard InChI is InChI=1S/C30H29NO9/c1-15(33)38-27-24-21(40-30(2,3)28(27)39-19(12-13-32)29(35)36)14-20(37-5)23-25(24)31(4)18-11-10-16-8-6-7-9-17(16)22(18)26(23)34/h6-11,13-14,19,27-28H,12H2,1-5H3,(H,35,36)/t19?,27-,28-/m1/s1. The van der Waals surface area contributed by atoms with Gasteiger partial charge in [-0.1, -0.05) is 30.3 Å². The van der Waals surface area contributed by atoms with Crippen molar-refractivity contribution < 1.29 is 38.4 Å². The van der Waals surface area contributed by atoms with Crippen molar-refractivity contribution in [2.75, 3.05) is 7.11 Å². The van der Waals surface area contributed by atoms with Crippen LogP contribution in [0.2, 0.25) is 0 Å². The van der Waals surface area contributed by atoms with Crippen molar-refractivity contribution in [3.63, 3.8) is 0 Å². The number of rotatable bonds is 7. The summed E-state index contributed by atoms with van der Waals surface area (Å²) in [6.07, 6.45) is -3.80. The van der Waals surface area contributed by atoms with Gasteiger partial charge < -0.3 is 33.4 Å². The molecule has 1 aromatic heterocycles. The maximum absolute atomic E-state index is 14.2. The Morgan fingerprint density at radius 2 is 1.90 bits per heavy atom. The van der Waals surface area contributed by atoms with Crippen LogP contribution < -0.4 is 14.9 Å². The summed E-state index contributed by atoms with van der Waals surface area (Å²) in [6.45, 7) is 4.56. The molecule has 208 valence electrons. The minimum Gasteiger partial charge on any atom is -0.496 e. The summed E-state index contributed by atoms with van der Waals surface area (Å²) in [4.78, 5) is 49.7. The van der Waals surface area contributed by atoms with Crippen LogP contribution in [0.15, 0.2) is 47.3 Å². The lowest BCUT2D eigenvalue weighted by Crippen LogP contribution is -2.53. The molecule has 5 rings (SSSR count). The molecule has 1 aliphatic rings. The number of pyridine rings is 1. The second-order valence-corrected chi connectivity index (χ2v) is 10.3. The first-order valence-electron chi connectivity index (χ1n) is 12.7. The highest BCUT2D eigenvalue weighted by Crippen LogP contribution is 2.49. The molecule has 1 unspecified atom stereocenters. The van der Waals surface area contributed by atoms with Crippen molar-refractivity contribution in [3.05, 3.63) is 58.3 Å². The number of carboxylic acid groups (broad SMARTS) is 1. The van der Waals surface area contributed by atoms with Crippen LogP contribution in [-0.4, -0.2) is 52.8 Å². The lowest BCUT2D eigenvalue weighted by atomic mass is 9.86. The van der Waals surface area contributed by atoms with Crippen molar-refractivity contribution in [1.29, 1.82) is 0 Å². The molecule has 0 radical (unpaired) electrons. The molecule has 0 amide bonds. The monoisotopic (exact) mass is 547 g/mol. The van der Waals surface area contributed by atoms with E-state index >= 15 is 0 Å². The number of carbonyl (C=O) groups excluding carboxylic acids is 2. The molecule has 0 fully saturated rings. The summed E-state index contributed by atoms with van der Waals surface area (Å²) in [5.74, 6) is -1.44. The van der Waals surface area contributed by atoms with Crippen molar-refractivity contribution in [2.45, 2.75) is 51.1 Å². The average molecular weight is 548 g/mol. The van der Waals surface area contributed by atoms with Crippen molar-refractivity contribution in [2.24, 2.45) is 7.05 Å². The Bertz CT molecular complexity index is 1750. The zero-order valence-corrected chi connectivity index (χ0v) is 22.7. The van der Waals surface area contributed by atoms with Gasteiger partial charge >= 0.3 is 11.9 Å². The number of aryl methyl sites for hydroxylation is 1. The molecule has 0 aliphatic carbocycles. The molecule has 0 bridgehead atoms. The number of aromatic nitrogens is 1. The molecule has 1 aliphatic heterocycles. The molecular weight excluding hydrogens is 518 g/mol. The normalized spacial score (nSPS) is 18.6. The van der Waals surface area contributed by atoms with Crippen LogP contribution in [0.3, 0.4) is 0 Å². The van der Waals surface area contributed by atoms with E-state index in [4.69, 9.17) is 18.9 Å². The fourth-order valence-corrected chi connectivity index (χ4v) is 5.62. The molecule has 40 heavy (non-hydrogen) atoms. The first-order chi connectivity index (χ1) is 19.0. The summed E-state index contributed by atoms with van der Waals surface area (Å²) in [5, 5.41) is 12.1. The Balaban J connectivity index is 1.90. The molecule has 4 aromatic rings. The van der Waals surface area contributed by atoms with Crippen LogP contribution in [0, 0.1) is 0 Å². The molecule has 0 saturated carbocycles. The Hall–Kier alpha value is -4.44. The lowest BCUT2D eigenvalue weighted by molar-refractivity contribution is -0.197. The largest absolute Gasteiger partial charge is 0.496 e. The Kier molecular flexibility index (Phi) is 6.75. The zero-order valence-electron chi connectivity index (χ0n) is 22.7. The molecular formula is C30H29NO9. The fourth-order valence-electron chi connectivity index (χ4n) is 5.62. The van der Waals surface area contributed by atoms with Crippen LogP contribution in [-0.2, 0) is 30.9 Å². The number of methoxy groups -OCH3 is 1. The van der Waals surface area contributed by atoms with Gasteiger partial charge in [0, 0.05) is 26.5 Å². The summed E-state index contributed by atoms with van der Waals surface area (Å²) >= 11 is 0. The molecule has 0 spiro atoms. The zero-order chi connectivity index (χ0) is 28.9. The van der Waals surface area contributed by atoms with Crippen LogP contribution in [0.1, 0.15) is 38.9 Å². The van der Waals surface area contributed by atoms with Crippen LogP contribution in [0.5, 0.6) is 11.5 Å². The second-order valence-electron chi connectivity index (χ2n) is 10.3. The summed E-state index contributed by atoms with van der Waals surface area (Å²) in [7, 11) is 3.24. The molecule has 1 N–H and O–H groups in total. The van der Waals surface area contributed by atoms with Crippen LogP contribution in [0.25, 0.3) is 32.6 Å². The Morgan fingerprint density at radius 1 is 1.18 bits per heavy atom. The minimum atomic E-state index is -1.51. The maximum Gasteiger partial charge on any atom is 0.333 e. The predicted octanol–water partition coefficient (Wildman–Crippen LogP) is 4.06. The third-order valence-electron chi connectivity index (χ3n) is 7.35. The smallest absolute Gasteiger partial charge is 0.333 e. The Labute approximate surface area is 229 Å². The molecule has 10 heteroatoms. The molecule has 3 aromatic carbocycles. The van der Waals surface area contributed by atoms with E-state index in [1.165, 1.54) is 14.0 Å². The number of benzene rings is 3. The lowest BCUT2D eigenvalue weighted by Gasteiger charge is -2.45. The maximum atomic E-state index is 14.2. The third-order valence-corrected chi connectivity index (χ3v) is 7.35. The van der Waals surface area contributed by atoms with Crippen LogP contribution >= 0.6 is 0 Å². The number of aliphatic carboxylic acids is 1. The number of esters is 1. The van der Waals surface area contributed by atoms with E-state index in [0.29, 0.717) is 28.3 Å². The van der Waals surface area contributed by atoms with Gasteiger partial charge in [0.25, 0.3) is 0 Å². The van der Waals surface area contributed by atoms with Crippen molar-refractivity contribution in [3.8, 4) is 11.5 Å². The molecule has 3 atom stereocenters. The number of ether oxygens (including phenoxy) is 4. The van der Waals surface area contributed by atoms with Gasteiger partial charge in [-0.2, -0.15) is 0 Å². The number of fused-ring (bicyclic) bond motifs is 6. The molecule has 0 saturated heterocycles. The highest BCUT2D eigenvalue weighted by molar-refractivity contribution is 6.11. The van der Waals surface area contributed by atoms with Gasteiger partial charge in [-0.25, -0.2) is 4.79 Å². The highest BCUT2D eigenvalue weighted by atomic mass is 16.6. The number of carboxylic acids is 1. The third kappa shape index (κ3) is 4.24. The number of carbonyl (C=O) groups is 3. The predicted molar refractivity (Wildman–Crippen MR) is 147 cm³/mol. The van der Waals surface area contributed by atoms with E-state index in [1.807, 2.05) is 41.0 Å².